The van der Waals surface area contributed by atoms with Crippen molar-refractivity contribution >= 4 is 29.1 Å². The summed E-state index contributed by atoms with van der Waals surface area (Å²) in [5.41, 5.74) is 1.85. The molecule has 1 aromatic heterocycles. The van der Waals surface area contributed by atoms with Crippen LogP contribution in [0.5, 0.6) is 5.75 Å². The number of aromatic nitrogens is 2. The predicted octanol–water partition coefficient (Wildman–Crippen LogP) is 5.27. The van der Waals surface area contributed by atoms with Crippen LogP contribution in [0, 0.1) is 0 Å². The van der Waals surface area contributed by atoms with Gasteiger partial charge >= 0.3 is 0 Å². The maximum absolute atomic E-state index is 6.18. The van der Waals surface area contributed by atoms with Gasteiger partial charge in [0.2, 0.25) is 5.95 Å². The van der Waals surface area contributed by atoms with Crippen LogP contribution in [-0.4, -0.2) is 16.1 Å². The molecular formula is C20H21ClN4O. The fraction of sp³-hybridized carbons (Fsp3) is 0.200. The second kappa shape index (κ2) is 8.54. The second-order valence-corrected chi connectivity index (χ2v) is 6.41. The molecule has 1 heterocycles. The van der Waals surface area contributed by atoms with E-state index >= 15 is 0 Å². The molecule has 0 aliphatic heterocycles. The highest BCUT2D eigenvalue weighted by molar-refractivity contribution is 6.31. The molecule has 2 N–H and O–H groups in total. The largest absolute Gasteiger partial charge is 0.489 e. The Balaban J connectivity index is 1.71. The number of hydrogen-bond donors (Lipinski definition) is 2. The van der Waals surface area contributed by atoms with Gasteiger partial charge < -0.3 is 15.4 Å². The van der Waals surface area contributed by atoms with Crippen molar-refractivity contribution in [2.45, 2.75) is 26.5 Å². The highest BCUT2D eigenvalue weighted by Gasteiger charge is 2.07. The summed E-state index contributed by atoms with van der Waals surface area (Å²) in [6, 6.07) is 17.3. The van der Waals surface area contributed by atoms with Crippen molar-refractivity contribution in [2.24, 2.45) is 0 Å². The Kier molecular flexibility index (Phi) is 5.92. The summed E-state index contributed by atoms with van der Waals surface area (Å²) in [7, 11) is 0. The number of benzene rings is 2. The Morgan fingerprint density at radius 3 is 2.62 bits per heavy atom. The molecule has 3 rings (SSSR count). The first-order valence-electron chi connectivity index (χ1n) is 8.45. The van der Waals surface area contributed by atoms with Gasteiger partial charge in [-0.3, -0.25) is 0 Å². The number of ether oxygens (including phenoxy) is 1. The van der Waals surface area contributed by atoms with E-state index < -0.39 is 0 Å². The zero-order chi connectivity index (χ0) is 18.4. The maximum Gasteiger partial charge on any atom is 0.224 e. The van der Waals surface area contributed by atoms with Crippen LogP contribution < -0.4 is 15.4 Å². The fourth-order valence-electron chi connectivity index (χ4n) is 2.39. The summed E-state index contributed by atoms with van der Waals surface area (Å²) in [6.45, 7) is 4.55. The van der Waals surface area contributed by atoms with Gasteiger partial charge in [-0.05, 0) is 43.7 Å². The number of nitrogens with zero attached hydrogens (tertiary/aromatic N) is 2. The van der Waals surface area contributed by atoms with Gasteiger partial charge in [0.1, 0.15) is 11.6 Å². The zero-order valence-corrected chi connectivity index (χ0v) is 15.5. The Morgan fingerprint density at radius 2 is 1.81 bits per heavy atom. The van der Waals surface area contributed by atoms with E-state index in [-0.39, 0.29) is 6.10 Å². The van der Waals surface area contributed by atoms with Gasteiger partial charge in [-0.1, -0.05) is 41.9 Å². The number of halogens is 1. The molecule has 6 heteroatoms. The van der Waals surface area contributed by atoms with Gasteiger partial charge in [-0.25, -0.2) is 4.98 Å². The van der Waals surface area contributed by atoms with Crippen LogP contribution in [0.2, 0.25) is 5.02 Å². The van der Waals surface area contributed by atoms with Crippen molar-refractivity contribution in [1.82, 2.24) is 9.97 Å². The van der Waals surface area contributed by atoms with E-state index in [0.29, 0.717) is 23.3 Å². The van der Waals surface area contributed by atoms with Crippen LogP contribution in [0.1, 0.15) is 19.4 Å². The molecule has 134 valence electrons. The Bertz CT molecular complexity index is 870. The predicted molar refractivity (Wildman–Crippen MR) is 106 cm³/mol. The topological polar surface area (TPSA) is 59.1 Å². The Labute approximate surface area is 158 Å². The molecule has 0 aliphatic rings. The highest BCUT2D eigenvalue weighted by atomic mass is 35.5. The molecular weight excluding hydrogens is 348 g/mol. The SMILES string of the molecule is CC(C)Oc1ccccc1Nc1ccnc(NCc2ccccc2Cl)n1. The summed E-state index contributed by atoms with van der Waals surface area (Å²) in [4.78, 5) is 8.76. The molecule has 0 fully saturated rings. The molecule has 0 amide bonds. The highest BCUT2D eigenvalue weighted by Crippen LogP contribution is 2.27. The number of rotatable bonds is 7. The first-order chi connectivity index (χ1) is 12.6. The van der Waals surface area contributed by atoms with E-state index in [9.17, 15) is 0 Å². The summed E-state index contributed by atoms with van der Waals surface area (Å²) < 4.78 is 5.83. The molecule has 3 aromatic rings. The third kappa shape index (κ3) is 4.86. The molecule has 0 saturated heterocycles. The fourth-order valence-corrected chi connectivity index (χ4v) is 2.60. The lowest BCUT2D eigenvalue weighted by Gasteiger charge is -2.15. The van der Waals surface area contributed by atoms with E-state index in [2.05, 4.69) is 20.6 Å². The number of para-hydroxylation sites is 2. The van der Waals surface area contributed by atoms with Gasteiger partial charge in [0.05, 0.1) is 11.8 Å². The number of nitrogens with one attached hydrogen (secondary N) is 2. The maximum atomic E-state index is 6.18. The number of anilines is 3. The molecule has 0 atom stereocenters. The van der Waals surface area contributed by atoms with E-state index in [4.69, 9.17) is 16.3 Å². The lowest BCUT2D eigenvalue weighted by molar-refractivity contribution is 0.244. The van der Waals surface area contributed by atoms with Crippen LogP contribution in [0.15, 0.2) is 60.8 Å². The normalized spacial score (nSPS) is 10.6. The first kappa shape index (κ1) is 18.0. The zero-order valence-electron chi connectivity index (χ0n) is 14.7. The molecule has 2 aromatic carbocycles. The van der Waals surface area contributed by atoms with Crippen LogP contribution >= 0.6 is 11.6 Å². The summed E-state index contributed by atoms with van der Waals surface area (Å²) >= 11 is 6.18. The minimum atomic E-state index is 0.0937. The minimum absolute atomic E-state index is 0.0937. The molecule has 0 aliphatic carbocycles. The van der Waals surface area contributed by atoms with Gasteiger partial charge in [-0.2, -0.15) is 4.98 Å². The van der Waals surface area contributed by atoms with E-state index in [1.807, 2.05) is 68.4 Å². The molecule has 0 bridgehead atoms. The summed E-state index contributed by atoms with van der Waals surface area (Å²) in [5, 5.41) is 7.20. The van der Waals surface area contributed by atoms with Gasteiger partial charge in [-0.15, -0.1) is 0 Å². The first-order valence-corrected chi connectivity index (χ1v) is 8.82. The van der Waals surface area contributed by atoms with Crippen molar-refractivity contribution in [3.05, 3.63) is 71.4 Å². The third-order valence-corrected chi connectivity index (χ3v) is 3.93. The minimum Gasteiger partial charge on any atom is -0.489 e. The Morgan fingerprint density at radius 1 is 1.04 bits per heavy atom. The molecule has 26 heavy (non-hydrogen) atoms. The van der Waals surface area contributed by atoms with Gasteiger partial charge in [0.25, 0.3) is 0 Å². The lowest BCUT2D eigenvalue weighted by Crippen LogP contribution is -2.08. The van der Waals surface area contributed by atoms with Gasteiger partial charge in [0, 0.05) is 17.8 Å². The lowest BCUT2D eigenvalue weighted by atomic mass is 10.2. The molecule has 5 nitrogen and oxygen atoms in total. The quantitative estimate of drug-likeness (QED) is 0.594. The third-order valence-electron chi connectivity index (χ3n) is 3.56. The monoisotopic (exact) mass is 368 g/mol. The summed E-state index contributed by atoms with van der Waals surface area (Å²) in [6.07, 6.45) is 1.80. The standard InChI is InChI=1S/C20H21ClN4O/c1-14(2)26-18-10-6-5-9-17(18)24-19-11-12-22-20(25-19)23-13-15-7-3-4-8-16(15)21/h3-12,14H,13H2,1-2H3,(H2,22,23,24,25). The van der Waals surface area contributed by atoms with E-state index in [1.54, 1.807) is 6.20 Å². The number of hydrogen-bond acceptors (Lipinski definition) is 5. The average Bonchev–Trinajstić information content (AvgIpc) is 2.63. The van der Waals surface area contributed by atoms with Crippen molar-refractivity contribution < 1.29 is 4.74 Å². The van der Waals surface area contributed by atoms with Crippen molar-refractivity contribution in [1.29, 1.82) is 0 Å². The van der Waals surface area contributed by atoms with Crippen LogP contribution in [0.3, 0.4) is 0 Å². The molecule has 0 radical (unpaired) electrons. The van der Waals surface area contributed by atoms with Crippen LogP contribution in [0.25, 0.3) is 0 Å². The van der Waals surface area contributed by atoms with Crippen molar-refractivity contribution in [3.63, 3.8) is 0 Å². The molecule has 0 unspecified atom stereocenters. The van der Waals surface area contributed by atoms with Crippen molar-refractivity contribution in [3.8, 4) is 5.75 Å². The van der Waals surface area contributed by atoms with Crippen molar-refractivity contribution in [2.75, 3.05) is 10.6 Å². The average molecular weight is 369 g/mol. The van der Waals surface area contributed by atoms with E-state index in [1.165, 1.54) is 0 Å². The van der Waals surface area contributed by atoms with Crippen LogP contribution in [0.4, 0.5) is 17.5 Å². The summed E-state index contributed by atoms with van der Waals surface area (Å²) in [5.74, 6) is 1.99. The Hall–Kier alpha value is -2.79. The van der Waals surface area contributed by atoms with Crippen LogP contribution in [-0.2, 0) is 6.54 Å². The molecule has 0 spiro atoms. The smallest absolute Gasteiger partial charge is 0.224 e. The van der Waals surface area contributed by atoms with Gasteiger partial charge in [0.15, 0.2) is 0 Å². The van der Waals surface area contributed by atoms with E-state index in [0.717, 1.165) is 17.0 Å². The molecule has 0 saturated carbocycles. The second-order valence-electron chi connectivity index (χ2n) is 6.00.